The number of aromatic nitrogens is 1. The maximum absolute atomic E-state index is 8.96. The van der Waals surface area contributed by atoms with Gasteiger partial charge in [-0.3, -0.25) is 4.98 Å². The van der Waals surface area contributed by atoms with Crippen molar-refractivity contribution < 1.29 is 9.47 Å². The fourth-order valence-corrected chi connectivity index (χ4v) is 1.44. The highest BCUT2D eigenvalue weighted by Crippen LogP contribution is 2.33. The minimum Gasteiger partial charge on any atom is -0.493 e. The SMILES string of the molecule is COc1cc(N)ccc1Oc1cnccc1C#N. The number of nitrogens with zero attached hydrogens (tertiary/aromatic N) is 2. The lowest BCUT2D eigenvalue weighted by atomic mass is 10.2. The first-order chi connectivity index (χ1) is 8.74. The quantitative estimate of drug-likeness (QED) is 0.834. The van der Waals surface area contributed by atoms with Gasteiger partial charge in [0, 0.05) is 18.0 Å². The molecule has 2 N–H and O–H groups in total. The molecule has 5 nitrogen and oxygen atoms in total. The smallest absolute Gasteiger partial charge is 0.169 e. The summed E-state index contributed by atoms with van der Waals surface area (Å²) in [4.78, 5) is 3.92. The summed E-state index contributed by atoms with van der Waals surface area (Å²) in [5.74, 6) is 1.36. The molecule has 0 amide bonds. The topological polar surface area (TPSA) is 81.2 Å². The van der Waals surface area contributed by atoms with E-state index in [4.69, 9.17) is 20.5 Å². The molecule has 0 radical (unpaired) electrons. The predicted octanol–water partition coefficient (Wildman–Crippen LogP) is 2.34. The number of methoxy groups -OCH3 is 1. The van der Waals surface area contributed by atoms with Gasteiger partial charge in [-0.1, -0.05) is 0 Å². The number of benzene rings is 1. The summed E-state index contributed by atoms with van der Waals surface area (Å²) in [6, 6.07) is 8.64. The van der Waals surface area contributed by atoms with E-state index in [-0.39, 0.29) is 0 Å². The lowest BCUT2D eigenvalue weighted by Crippen LogP contribution is -1.94. The molecule has 0 unspecified atom stereocenters. The standard InChI is InChI=1S/C13H11N3O2/c1-17-12-6-10(15)2-3-11(12)18-13-8-16-5-4-9(13)7-14/h2-6,8H,15H2,1H3. The van der Waals surface area contributed by atoms with Crippen LogP contribution in [0.2, 0.25) is 0 Å². The summed E-state index contributed by atoms with van der Waals surface area (Å²) in [6.45, 7) is 0. The number of ether oxygens (including phenoxy) is 2. The van der Waals surface area contributed by atoms with Gasteiger partial charge in [0.1, 0.15) is 6.07 Å². The van der Waals surface area contributed by atoms with Crippen molar-refractivity contribution in [1.82, 2.24) is 4.98 Å². The Morgan fingerprint density at radius 3 is 2.78 bits per heavy atom. The average molecular weight is 241 g/mol. The van der Waals surface area contributed by atoms with Crippen molar-refractivity contribution >= 4 is 5.69 Å². The molecule has 0 aliphatic carbocycles. The Morgan fingerprint density at radius 1 is 1.22 bits per heavy atom. The van der Waals surface area contributed by atoms with E-state index in [2.05, 4.69) is 4.98 Å². The summed E-state index contributed by atoms with van der Waals surface area (Å²) < 4.78 is 10.8. The molecule has 0 aliphatic heterocycles. The summed E-state index contributed by atoms with van der Waals surface area (Å²) in [5.41, 5.74) is 6.63. The van der Waals surface area contributed by atoms with Crippen LogP contribution in [0, 0.1) is 11.3 Å². The second kappa shape index (κ2) is 5.06. The van der Waals surface area contributed by atoms with Gasteiger partial charge in [0.25, 0.3) is 0 Å². The van der Waals surface area contributed by atoms with E-state index in [1.807, 2.05) is 6.07 Å². The molecule has 2 aromatic rings. The van der Waals surface area contributed by atoms with Crippen LogP contribution in [0.5, 0.6) is 17.2 Å². The van der Waals surface area contributed by atoms with Crippen molar-refractivity contribution in [3.05, 3.63) is 42.2 Å². The van der Waals surface area contributed by atoms with Crippen molar-refractivity contribution in [1.29, 1.82) is 5.26 Å². The first-order valence-electron chi connectivity index (χ1n) is 5.20. The van der Waals surface area contributed by atoms with Gasteiger partial charge in [-0.15, -0.1) is 0 Å². The fraction of sp³-hybridized carbons (Fsp3) is 0.0769. The molecule has 0 aliphatic rings. The average Bonchev–Trinajstić information content (AvgIpc) is 2.41. The van der Waals surface area contributed by atoms with E-state index in [1.165, 1.54) is 19.5 Å². The Morgan fingerprint density at radius 2 is 2.06 bits per heavy atom. The Hall–Kier alpha value is -2.74. The summed E-state index contributed by atoms with van der Waals surface area (Å²) in [6.07, 6.45) is 3.01. The van der Waals surface area contributed by atoms with Crippen LogP contribution >= 0.6 is 0 Å². The van der Waals surface area contributed by atoms with E-state index in [9.17, 15) is 0 Å². The van der Waals surface area contributed by atoms with Crippen molar-refractivity contribution in [3.8, 4) is 23.3 Å². The van der Waals surface area contributed by atoms with E-state index in [0.29, 0.717) is 28.5 Å². The molecule has 5 heteroatoms. The fourth-order valence-electron chi connectivity index (χ4n) is 1.44. The lowest BCUT2D eigenvalue weighted by Gasteiger charge is -2.11. The van der Waals surface area contributed by atoms with Crippen molar-refractivity contribution in [2.45, 2.75) is 0 Å². The van der Waals surface area contributed by atoms with Gasteiger partial charge in [0.2, 0.25) is 0 Å². The van der Waals surface area contributed by atoms with Crippen LogP contribution in [0.25, 0.3) is 0 Å². The van der Waals surface area contributed by atoms with Crippen molar-refractivity contribution in [3.63, 3.8) is 0 Å². The van der Waals surface area contributed by atoms with E-state index >= 15 is 0 Å². The number of hydrogen-bond donors (Lipinski definition) is 1. The summed E-state index contributed by atoms with van der Waals surface area (Å²) in [5, 5.41) is 8.96. The Bertz CT molecular complexity index is 605. The van der Waals surface area contributed by atoms with E-state index < -0.39 is 0 Å². The molecule has 0 atom stereocenters. The number of pyridine rings is 1. The molecule has 0 spiro atoms. The molecule has 1 heterocycles. The highest BCUT2D eigenvalue weighted by atomic mass is 16.5. The number of anilines is 1. The van der Waals surface area contributed by atoms with Crippen molar-refractivity contribution in [2.75, 3.05) is 12.8 Å². The zero-order chi connectivity index (χ0) is 13.0. The van der Waals surface area contributed by atoms with Crippen LogP contribution in [0.15, 0.2) is 36.7 Å². The van der Waals surface area contributed by atoms with Gasteiger partial charge in [0.05, 0.1) is 18.9 Å². The van der Waals surface area contributed by atoms with Crippen LogP contribution in [0.4, 0.5) is 5.69 Å². The zero-order valence-electron chi connectivity index (χ0n) is 9.75. The second-order valence-corrected chi connectivity index (χ2v) is 3.50. The van der Waals surface area contributed by atoms with Gasteiger partial charge in [-0.25, -0.2) is 0 Å². The summed E-state index contributed by atoms with van der Waals surface area (Å²) >= 11 is 0. The third-order valence-electron chi connectivity index (χ3n) is 2.31. The van der Waals surface area contributed by atoms with Gasteiger partial charge in [-0.2, -0.15) is 5.26 Å². The molecular formula is C13H11N3O2. The van der Waals surface area contributed by atoms with Crippen LogP contribution in [-0.4, -0.2) is 12.1 Å². The molecule has 0 fully saturated rings. The minimum atomic E-state index is 0.378. The van der Waals surface area contributed by atoms with E-state index in [1.54, 1.807) is 24.3 Å². The number of rotatable bonds is 3. The Labute approximate surface area is 104 Å². The lowest BCUT2D eigenvalue weighted by molar-refractivity contribution is 0.378. The first kappa shape index (κ1) is 11.7. The van der Waals surface area contributed by atoms with Crippen LogP contribution in [0.1, 0.15) is 5.56 Å². The van der Waals surface area contributed by atoms with Crippen LogP contribution < -0.4 is 15.2 Å². The zero-order valence-corrected chi connectivity index (χ0v) is 9.75. The molecule has 1 aromatic carbocycles. The Balaban J connectivity index is 2.37. The van der Waals surface area contributed by atoms with Gasteiger partial charge in [-0.05, 0) is 18.2 Å². The number of nitriles is 1. The molecule has 1 aromatic heterocycles. The molecular weight excluding hydrogens is 230 g/mol. The maximum atomic E-state index is 8.96. The highest BCUT2D eigenvalue weighted by molar-refractivity contribution is 5.54. The predicted molar refractivity (Wildman–Crippen MR) is 66.4 cm³/mol. The Kier molecular flexibility index (Phi) is 3.30. The molecule has 2 rings (SSSR count). The third-order valence-corrected chi connectivity index (χ3v) is 2.31. The third kappa shape index (κ3) is 2.33. The second-order valence-electron chi connectivity index (χ2n) is 3.50. The highest BCUT2D eigenvalue weighted by Gasteiger charge is 2.09. The van der Waals surface area contributed by atoms with Crippen LogP contribution in [0.3, 0.4) is 0 Å². The van der Waals surface area contributed by atoms with Crippen molar-refractivity contribution in [2.24, 2.45) is 0 Å². The number of nitrogen functional groups attached to an aromatic ring is 1. The summed E-state index contributed by atoms with van der Waals surface area (Å²) in [7, 11) is 1.52. The monoisotopic (exact) mass is 241 g/mol. The number of nitrogens with two attached hydrogens (primary N) is 1. The van der Waals surface area contributed by atoms with Gasteiger partial charge < -0.3 is 15.2 Å². The van der Waals surface area contributed by atoms with Crippen LogP contribution in [-0.2, 0) is 0 Å². The number of hydrogen-bond acceptors (Lipinski definition) is 5. The van der Waals surface area contributed by atoms with E-state index in [0.717, 1.165) is 0 Å². The molecule has 90 valence electrons. The first-order valence-corrected chi connectivity index (χ1v) is 5.20. The largest absolute Gasteiger partial charge is 0.493 e. The molecule has 0 saturated heterocycles. The molecule has 0 saturated carbocycles. The minimum absolute atomic E-state index is 0.378. The van der Waals surface area contributed by atoms with Gasteiger partial charge >= 0.3 is 0 Å². The maximum Gasteiger partial charge on any atom is 0.169 e. The molecule has 18 heavy (non-hydrogen) atoms. The molecule has 0 bridgehead atoms. The van der Waals surface area contributed by atoms with Gasteiger partial charge in [0.15, 0.2) is 17.2 Å². The normalized spacial score (nSPS) is 9.56.